The van der Waals surface area contributed by atoms with Crippen molar-refractivity contribution in [1.29, 1.82) is 0 Å². The second kappa shape index (κ2) is 9.32. The van der Waals surface area contributed by atoms with Crippen molar-refractivity contribution < 1.29 is 4.79 Å². The van der Waals surface area contributed by atoms with E-state index in [4.69, 9.17) is 10.7 Å². The van der Waals surface area contributed by atoms with Crippen molar-refractivity contribution in [2.24, 2.45) is 0 Å². The van der Waals surface area contributed by atoms with Crippen LogP contribution in [-0.2, 0) is 17.6 Å². The molecule has 0 saturated carbocycles. The number of thioether (sulfide) groups is 1. The minimum Gasteiger partial charge on any atom is -0.383 e. The van der Waals surface area contributed by atoms with E-state index in [1.165, 1.54) is 27.8 Å². The van der Waals surface area contributed by atoms with Gasteiger partial charge in [-0.2, -0.15) is 0 Å². The maximum atomic E-state index is 12.0. The smallest absolute Gasteiger partial charge is 0.230 e. The number of nitrogens with zero attached hydrogens (tertiary/aromatic N) is 3. The number of nitrogen functional groups attached to an aromatic ring is 1. The normalized spacial score (nSPS) is 16.0. The van der Waals surface area contributed by atoms with Crippen molar-refractivity contribution in [3.8, 4) is 0 Å². The van der Waals surface area contributed by atoms with Crippen molar-refractivity contribution in [3.05, 3.63) is 46.3 Å². The number of aromatic nitrogens is 2. The molecule has 3 aromatic rings. The fraction of sp³-hybridized carbons (Fsp3) is 0.409. The van der Waals surface area contributed by atoms with E-state index in [-0.39, 0.29) is 5.91 Å². The number of nitrogens with two attached hydrogens (primary N) is 1. The molecule has 8 heteroatoms. The second-order valence-electron chi connectivity index (χ2n) is 7.87. The minimum atomic E-state index is -0.0136. The Bertz CT molecular complexity index is 1030. The van der Waals surface area contributed by atoms with Crippen LogP contribution in [0.1, 0.15) is 28.3 Å². The Balaban J connectivity index is 1.47. The highest BCUT2D eigenvalue weighted by atomic mass is 32.2. The van der Waals surface area contributed by atoms with Gasteiger partial charge in [-0.25, -0.2) is 9.97 Å². The summed E-state index contributed by atoms with van der Waals surface area (Å²) in [6.07, 6.45) is 3.14. The maximum Gasteiger partial charge on any atom is 0.230 e. The monoisotopic (exact) mass is 441 g/mol. The molecule has 0 saturated heterocycles. The first-order valence-corrected chi connectivity index (χ1v) is 12.0. The molecule has 6 nitrogen and oxygen atoms in total. The summed E-state index contributed by atoms with van der Waals surface area (Å²) in [7, 11) is 3.96. The molecule has 1 unspecified atom stereocenters. The molecule has 158 valence electrons. The number of benzene rings is 1. The van der Waals surface area contributed by atoms with Crippen LogP contribution < -0.4 is 11.1 Å². The zero-order chi connectivity index (χ0) is 21.1. The van der Waals surface area contributed by atoms with E-state index < -0.39 is 0 Å². The van der Waals surface area contributed by atoms with E-state index in [0.717, 1.165) is 36.0 Å². The van der Waals surface area contributed by atoms with Gasteiger partial charge in [-0.3, -0.25) is 4.79 Å². The molecule has 1 aromatic carbocycles. The summed E-state index contributed by atoms with van der Waals surface area (Å²) >= 11 is 3.07. The zero-order valence-electron chi connectivity index (χ0n) is 17.4. The molecule has 2 aromatic heterocycles. The molecule has 0 radical (unpaired) electrons. The summed E-state index contributed by atoms with van der Waals surface area (Å²) < 4.78 is 0. The third-order valence-electron chi connectivity index (χ3n) is 5.40. The lowest BCUT2D eigenvalue weighted by Crippen LogP contribution is -2.32. The Hall–Kier alpha value is -2.16. The number of rotatable bonds is 7. The molecular formula is C22H27N5OS2. The van der Waals surface area contributed by atoms with Crippen LogP contribution in [0.15, 0.2) is 35.5 Å². The molecule has 1 atom stereocenters. The number of nitrogens with one attached hydrogen (secondary N) is 1. The van der Waals surface area contributed by atoms with Crippen LogP contribution in [0.5, 0.6) is 0 Å². The summed E-state index contributed by atoms with van der Waals surface area (Å²) in [4.78, 5) is 25.6. The van der Waals surface area contributed by atoms with Crippen LogP contribution >= 0.6 is 23.1 Å². The summed E-state index contributed by atoms with van der Waals surface area (Å²) in [5.41, 5.74) is 9.04. The third-order valence-corrected chi connectivity index (χ3v) is 7.40. The third kappa shape index (κ3) is 4.77. The molecule has 1 amide bonds. The molecule has 1 aliphatic rings. The number of likely N-dealkylation sites (N-methyl/N-ethyl adjacent to an activating group) is 1. The van der Waals surface area contributed by atoms with Gasteiger partial charge >= 0.3 is 0 Å². The Morgan fingerprint density at radius 1 is 1.30 bits per heavy atom. The van der Waals surface area contributed by atoms with Crippen LogP contribution in [0, 0.1) is 0 Å². The Labute approximate surface area is 185 Å². The molecule has 0 bridgehead atoms. The van der Waals surface area contributed by atoms with Gasteiger partial charge in [0.25, 0.3) is 0 Å². The van der Waals surface area contributed by atoms with Crippen LogP contribution in [0.2, 0.25) is 0 Å². The van der Waals surface area contributed by atoms with Crippen molar-refractivity contribution in [2.75, 3.05) is 38.7 Å². The van der Waals surface area contributed by atoms with E-state index in [1.807, 2.05) is 19.0 Å². The molecule has 30 heavy (non-hydrogen) atoms. The Kier molecular flexibility index (Phi) is 6.55. The topological polar surface area (TPSA) is 84.1 Å². The molecule has 4 rings (SSSR count). The minimum absolute atomic E-state index is 0.0136. The van der Waals surface area contributed by atoms with Gasteiger partial charge in [0.05, 0.1) is 11.1 Å². The van der Waals surface area contributed by atoms with Gasteiger partial charge in [0.1, 0.15) is 10.6 Å². The number of fused-ring (bicyclic) bond motifs is 3. The van der Waals surface area contributed by atoms with Gasteiger partial charge in [-0.15, -0.1) is 11.3 Å². The van der Waals surface area contributed by atoms with E-state index in [1.54, 1.807) is 11.3 Å². The Morgan fingerprint density at radius 2 is 2.10 bits per heavy atom. The lowest BCUT2D eigenvalue weighted by molar-refractivity contribution is -0.118. The summed E-state index contributed by atoms with van der Waals surface area (Å²) in [6.45, 7) is 1.45. The van der Waals surface area contributed by atoms with Crippen LogP contribution in [0.25, 0.3) is 10.2 Å². The lowest BCUT2D eigenvalue weighted by Gasteiger charge is -2.22. The first-order chi connectivity index (χ1) is 14.5. The number of aryl methyl sites for hydroxylation is 1. The van der Waals surface area contributed by atoms with Gasteiger partial charge in [0.2, 0.25) is 5.91 Å². The first-order valence-electron chi connectivity index (χ1n) is 10.2. The summed E-state index contributed by atoms with van der Waals surface area (Å²) in [5, 5.41) is 4.50. The van der Waals surface area contributed by atoms with Crippen LogP contribution in [0.4, 0.5) is 5.82 Å². The summed E-state index contributed by atoms with van der Waals surface area (Å²) in [6, 6.07) is 10.7. The molecule has 0 aliphatic heterocycles. The van der Waals surface area contributed by atoms with Gasteiger partial charge in [-0.1, -0.05) is 42.1 Å². The number of hydrogen-bond acceptors (Lipinski definition) is 7. The highest BCUT2D eigenvalue weighted by Gasteiger charge is 2.26. The van der Waals surface area contributed by atoms with E-state index in [0.29, 0.717) is 29.2 Å². The van der Waals surface area contributed by atoms with E-state index >= 15 is 0 Å². The zero-order valence-corrected chi connectivity index (χ0v) is 19.0. The van der Waals surface area contributed by atoms with E-state index in [9.17, 15) is 4.79 Å². The predicted octanol–water partition coefficient (Wildman–Crippen LogP) is 3.32. The van der Waals surface area contributed by atoms with Crippen molar-refractivity contribution in [3.63, 3.8) is 0 Å². The molecule has 1 aliphatic carbocycles. The largest absolute Gasteiger partial charge is 0.383 e. The van der Waals surface area contributed by atoms with Gasteiger partial charge in [0, 0.05) is 18.0 Å². The highest BCUT2D eigenvalue weighted by Crippen LogP contribution is 2.42. The number of hydrogen-bond donors (Lipinski definition) is 2. The predicted molar refractivity (Wildman–Crippen MR) is 125 cm³/mol. The quantitative estimate of drug-likeness (QED) is 0.432. The molecule has 0 fully saturated rings. The van der Waals surface area contributed by atoms with Gasteiger partial charge in [0.15, 0.2) is 5.16 Å². The first kappa shape index (κ1) is 21.1. The molecular weight excluding hydrogens is 414 g/mol. The van der Waals surface area contributed by atoms with Crippen LogP contribution in [0.3, 0.4) is 0 Å². The van der Waals surface area contributed by atoms with Crippen molar-refractivity contribution in [1.82, 2.24) is 20.2 Å². The van der Waals surface area contributed by atoms with Crippen molar-refractivity contribution >= 4 is 45.0 Å². The van der Waals surface area contributed by atoms with Gasteiger partial charge in [-0.05, 0) is 50.4 Å². The SMILES string of the molecule is CN(C)CCNC(=O)CSc1nc(N)c2c3c(sc2n1)CC(c1ccccc1)CC3. The summed E-state index contributed by atoms with van der Waals surface area (Å²) in [5.74, 6) is 1.35. The number of thiophene rings is 1. The highest BCUT2D eigenvalue weighted by molar-refractivity contribution is 7.99. The number of carbonyl (C=O) groups excluding carboxylic acids is 1. The van der Waals surface area contributed by atoms with Crippen LogP contribution in [-0.4, -0.2) is 53.7 Å². The second-order valence-corrected chi connectivity index (χ2v) is 9.89. The Morgan fingerprint density at radius 3 is 2.87 bits per heavy atom. The lowest BCUT2D eigenvalue weighted by atomic mass is 9.83. The maximum absolute atomic E-state index is 12.0. The van der Waals surface area contributed by atoms with Crippen molar-refractivity contribution in [2.45, 2.75) is 30.3 Å². The average Bonchev–Trinajstić information content (AvgIpc) is 3.10. The molecule has 3 N–H and O–H groups in total. The fourth-order valence-electron chi connectivity index (χ4n) is 3.86. The standard InChI is InChI=1S/C22H27N5OS2/c1-27(2)11-10-24-18(28)13-29-22-25-20(23)19-16-9-8-15(14-6-4-3-5-7-14)12-17(16)30-21(19)26-22/h3-7,15H,8-13H2,1-2H3,(H,24,28)(H2,23,25,26). The fourth-order valence-corrected chi connectivity index (χ4v) is 5.91. The van der Waals surface area contributed by atoms with Gasteiger partial charge < -0.3 is 16.0 Å². The molecule has 2 heterocycles. The number of anilines is 1. The average molecular weight is 442 g/mol. The van der Waals surface area contributed by atoms with E-state index in [2.05, 4.69) is 40.6 Å². The molecule has 0 spiro atoms. The number of amides is 1. The number of carbonyl (C=O) groups is 1.